The van der Waals surface area contributed by atoms with Crippen molar-refractivity contribution >= 4 is 22.1 Å². The highest BCUT2D eigenvalue weighted by atomic mass is 32.2. The molecule has 0 saturated carbocycles. The van der Waals surface area contributed by atoms with Crippen molar-refractivity contribution in [3.8, 4) is 0 Å². The summed E-state index contributed by atoms with van der Waals surface area (Å²) in [5, 5.41) is -4.95. The van der Waals surface area contributed by atoms with Gasteiger partial charge in [-0.2, -0.15) is 34.8 Å². The van der Waals surface area contributed by atoms with Crippen LogP contribution in [-0.2, 0) is 33.9 Å². The maximum atomic E-state index is 13.4. The third kappa shape index (κ3) is 6.63. The molecule has 0 amide bonds. The molecule has 0 fully saturated rings. The van der Waals surface area contributed by atoms with Crippen LogP contribution >= 0.6 is 0 Å². The Kier molecular flexibility index (Phi) is 8.92. The highest BCUT2D eigenvalue weighted by molar-refractivity contribution is 7.86. The molecule has 28 heavy (non-hydrogen) atoms. The van der Waals surface area contributed by atoms with Crippen LogP contribution in [0.25, 0.3) is 0 Å². The average molecular weight is 446 g/mol. The van der Waals surface area contributed by atoms with Gasteiger partial charge in [-0.1, -0.05) is 19.9 Å². The Balaban J connectivity index is 5.81. The number of halogens is 6. The number of carbonyl (C=O) groups excluding carboxylic acids is 2. The van der Waals surface area contributed by atoms with Gasteiger partial charge in [0.05, 0.1) is 19.6 Å². The van der Waals surface area contributed by atoms with Crippen LogP contribution < -0.4 is 0 Å². The second-order valence-corrected chi connectivity index (χ2v) is 6.66. The van der Waals surface area contributed by atoms with Crippen molar-refractivity contribution in [1.29, 1.82) is 0 Å². The van der Waals surface area contributed by atoms with Crippen molar-refractivity contribution in [2.45, 2.75) is 43.4 Å². The largest absolute Gasteiger partial charge is 0.468 e. The monoisotopic (exact) mass is 446 g/mol. The first-order chi connectivity index (χ1) is 12.5. The van der Waals surface area contributed by atoms with Crippen LogP contribution in [0.5, 0.6) is 0 Å². The number of alkyl halides is 5. The molecule has 1 atom stereocenters. The number of ether oxygens (including phenoxy) is 3. The molecule has 0 aliphatic carbocycles. The molecule has 0 aromatic carbocycles. The first-order valence-electron chi connectivity index (χ1n) is 7.32. The summed E-state index contributed by atoms with van der Waals surface area (Å²) in [6.07, 6.45) is -7.60. The lowest BCUT2D eigenvalue weighted by atomic mass is 10.2. The fourth-order valence-corrected chi connectivity index (χ4v) is 1.76. The van der Waals surface area contributed by atoms with Crippen molar-refractivity contribution in [2.75, 3.05) is 13.2 Å². The molecule has 164 valence electrons. The molecule has 0 saturated heterocycles. The Labute approximate surface area is 155 Å². The summed E-state index contributed by atoms with van der Waals surface area (Å²) in [6, 6.07) is 0. The minimum Gasteiger partial charge on any atom is -0.461 e. The zero-order valence-corrected chi connectivity index (χ0v) is 15.0. The van der Waals surface area contributed by atoms with E-state index in [-0.39, 0.29) is 6.42 Å². The molecule has 1 unspecified atom stereocenters. The third-order valence-corrected chi connectivity index (χ3v) is 3.87. The Hall–Kier alpha value is -1.87. The normalized spacial score (nSPS) is 14.9. The van der Waals surface area contributed by atoms with Crippen LogP contribution in [0.2, 0.25) is 0 Å². The van der Waals surface area contributed by atoms with Crippen molar-refractivity contribution < 1.29 is 63.1 Å². The van der Waals surface area contributed by atoms with E-state index in [1.807, 2.05) is 0 Å². The standard InChI is InChI=1S/C13H16F6O8S/c1-3-4-6-25-10(21)12(13(17,18)19,27-9(20)8(2)14)26-7-5-11(15,16)28(22,23)24/h2-7H2,1H3,(H,22,23,24). The zero-order valence-electron chi connectivity index (χ0n) is 14.2. The summed E-state index contributed by atoms with van der Waals surface area (Å²) in [5.41, 5.74) is 0. The lowest BCUT2D eigenvalue weighted by Crippen LogP contribution is -2.58. The molecule has 0 radical (unpaired) electrons. The lowest BCUT2D eigenvalue weighted by molar-refractivity contribution is -0.356. The topological polar surface area (TPSA) is 116 Å². The average Bonchev–Trinajstić information content (AvgIpc) is 2.51. The molecule has 15 heteroatoms. The van der Waals surface area contributed by atoms with Crippen molar-refractivity contribution in [3.63, 3.8) is 0 Å². The second kappa shape index (κ2) is 9.56. The molecule has 0 heterocycles. The van der Waals surface area contributed by atoms with Crippen LogP contribution in [0.3, 0.4) is 0 Å². The van der Waals surface area contributed by atoms with E-state index in [0.717, 1.165) is 0 Å². The number of esters is 2. The summed E-state index contributed by atoms with van der Waals surface area (Å²) in [5.74, 6) is -11.6. The fourth-order valence-electron chi connectivity index (χ4n) is 1.42. The first-order valence-corrected chi connectivity index (χ1v) is 8.76. The quantitative estimate of drug-likeness (QED) is 0.129. The van der Waals surface area contributed by atoms with E-state index in [0.29, 0.717) is 6.42 Å². The van der Waals surface area contributed by atoms with Gasteiger partial charge in [-0.25, -0.2) is 9.59 Å². The Morgan fingerprint density at radius 2 is 1.64 bits per heavy atom. The van der Waals surface area contributed by atoms with Crippen LogP contribution in [0.4, 0.5) is 26.3 Å². The predicted octanol–water partition coefficient (Wildman–Crippen LogP) is 2.50. The van der Waals surface area contributed by atoms with E-state index in [9.17, 15) is 44.3 Å². The minimum atomic E-state index is -6.02. The Morgan fingerprint density at radius 1 is 1.11 bits per heavy atom. The van der Waals surface area contributed by atoms with E-state index < -0.39 is 64.7 Å². The van der Waals surface area contributed by atoms with E-state index in [1.165, 1.54) is 0 Å². The maximum absolute atomic E-state index is 13.4. The molecule has 8 nitrogen and oxygen atoms in total. The van der Waals surface area contributed by atoms with Gasteiger partial charge < -0.3 is 14.2 Å². The molecular weight excluding hydrogens is 430 g/mol. The summed E-state index contributed by atoms with van der Waals surface area (Å²) >= 11 is 0. The smallest absolute Gasteiger partial charge is 0.461 e. The minimum absolute atomic E-state index is 0.0598. The molecule has 1 N–H and O–H groups in total. The first kappa shape index (κ1) is 26.1. The van der Waals surface area contributed by atoms with Gasteiger partial charge in [0.2, 0.25) is 5.83 Å². The van der Waals surface area contributed by atoms with Gasteiger partial charge in [0.25, 0.3) is 0 Å². The Bertz CT molecular complexity index is 690. The fraction of sp³-hybridized carbons (Fsp3) is 0.692. The second-order valence-electron chi connectivity index (χ2n) is 5.11. The number of rotatable bonds is 11. The summed E-state index contributed by atoms with van der Waals surface area (Å²) in [6.45, 7) is 1.44. The van der Waals surface area contributed by atoms with Crippen LogP contribution in [0, 0.1) is 0 Å². The van der Waals surface area contributed by atoms with Crippen molar-refractivity contribution in [3.05, 3.63) is 12.4 Å². The van der Waals surface area contributed by atoms with Gasteiger partial charge in [-0.3, -0.25) is 4.55 Å². The maximum Gasteiger partial charge on any atom is 0.468 e. The third-order valence-electron chi connectivity index (χ3n) is 2.91. The molecule has 0 aromatic heterocycles. The molecule has 0 spiro atoms. The number of hydrogen-bond donors (Lipinski definition) is 1. The molecule has 0 rings (SSSR count). The van der Waals surface area contributed by atoms with E-state index in [1.54, 1.807) is 6.92 Å². The molecule has 0 aromatic rings. The highest BCUT2D eigenvalue weighted by Gasteiger charge is 2.68. The van der Waals surface area contributed by atoms with E-state index in [2.05, 4.69) is 20.8 Å². The summed E-state index contributed by atoms with van der Waals surface area (Å²) in [4.78, 5) is 23.0. The summed E-state index contributed by atoms with van der Waals surface area (Å²) < 4.78 is 120. The van der Waals surface area contributed by atoms with Gasteiger partial charge in [0.1, 0.15) is 0 Å². The number of hydrogen-bond acceptors (Lipinski definition) is 7. The van der Waals surface area contributed by atoms with Crippen molar-refractivity contribution in [2.24, 2.45) is 0 Å². The van der Waals surface area contributed by atoms with Crippen molar-refractivity contribution in [1.82, 2.24) is 0 Å². The van der Waals surface area contributed by atoms with Gasteiger partial charge >= 0.3 is 39.3 Å². The van der Waals surface area contributed by atoms with Gasteiger partial charge in [-0.05, 0) is 6.42 Å². The molecule has 0 bridgehead atoms. The molecular formula is C13H16F6O8S. The highest BCUT2D eigenvalue weighted by Crippen LogP contribution is 2.38. The van der Waals surface area contributed by atoms with Crippen LogP contribution in [0.1, 0.15) is 26.2 Å². The summed E-state index contributed by atoms with van der Waals surface area (Å²) in [7, 11) is -6.02. The van der Waals surface area contributed by atoms with Gasteiger partial charge in [0.15, 0.2) is 0 Å². The SMILES string of the molecule is C=C(F)C(=O)OC(OCCC(F)(F)S(=O)(=O)O)(C(=O)OCCCC)C(F)(F)F. The van der Waals surface area contributed by atoms with Gasteiger partial charge in [-0.15, -0.1) is 0 Å². The van der Waals surface area contributed by atoms with Crippen LogP contribution in [0.15, 0.2) is 12.4 Å². The number of carbonyl (C=O) groups is 2. The zero-order chi connectivity index (χ0) is 22.4. The van der Waals surface area contributed by atoms with E-state index in [4.69, 9.17) is 4.55 Å². The Morgan fingerprint density at radius 3 is 2.04 bits per heavy atom. The van der Waals surface area contributed by atoms with E-state index >= 15 is 0 Å². The predicted molar refractivity (Wildman–Crippen MR) is 78.1 cm³/mol. The lowest BCUT2D eigenvalue weighted by Gasteiger charge is -2.32. The van der Waals surface area contributed by atoms with Gasteiger partial charge in [0, 0.05) is 0 Å². The molecule has 0 aliphatic heterocycles. The number of unbranched alkanes of at least 4 members (excludes halogenated alkanes) is 1. The van der Waals surface area contributed by atoms with Crippen LogP contribution in [-0.4, -0.2) is 55.3 Å². The molecule has 0 aliphatic rings.